The van der Waals surface area contributed by atoms with Gasteiger partial charge in [-0.3, -0.25) is 0 Å². The summed E-state index contributed by atoms with van der Waals surface area (Å²) in [5.74, 6) is 0. The lowest BCUT2D eigenvalue weighted by atomic mass is 9.99. The zero-order valence-electron chi connectivity index (χ0n) is 14.0. The summed E-state index contributed by atoms with van der Waals surface area (Å²) in [6.07, 6.45) is 7.34. The maximum absolute atomic E-state index is 3.93. The van der Waals surface area contributed by atoms with Crippen molar-refractivity contribution in [3.8, 4) is 0 Å². The number of fused-ring (bicyclic) bond motifs is 1. The van der Waals surface area contributed by atoms with E-state index in [-0.39, 0.29) is 0 Å². The van der Waals surface area contributed by atoms with Crippen LogP contribution >= 0.6 is 11.8 Å². The number of aryl methyl sites for hydroxylation is 1. The highest BCUT2D eigenvalue weighted by Crippen LogP contribution is 2.44. The average Bonchev–Trinajstić information content (AvgIpc) is 2.81. The molecule has 0 nitrogen and oxygen atoms in total. The minimum atomic E-state index is 0.922. The first-order chi connectivity index (χ1) is 11.1. The van der Waals surface area contributed by atoms with Crippen molar-refractivity contribution < 1.29 is 0 Å². The van der Waals surface area contributed by atoms with Gasteiger partial charge in [-0.2, -0.15) is 0 Å². The maximum Gasteiger partial charge on any atom is 0.00695 e. The Morgan fingerprint density at radius 3 is 2.39 bits per heavy atom. The Morgan fingerprint density at radius 1 is 1.00 bits per heavy atom. The molecule has 0 saturated heterocycles. The van der Waals surface area contributed by atoms with Crippen LogP contribution in [0, 0.1) is 6.92 Å². The maximum atomic E-state index is 3.93. The fourth-order valence-corrected chi connectivity index (χ4v) is 3.58. The molecule has 116 valence electrons. The van der Waals surface area contributed by atoms with Crippen LogP contribution in [0.2, 0.25) is 0 Å². The van der Waals surface area contributed by atoms with E-state index >= 15 is 0 Å². The first-order valence-corrected chi connectivity index (χ1v) is 9.14. The highest BCUT2D eigenvalue weighted by atomic mass is 32.2. The molecule has 0 spiro atoms. The summed E-state index contributed by atoms with van der Waals surface area (Å²) < 4.78 is 0. The van der Waals surface area contributed by atoms with Crippen LogP contribution in [0.15, 0.2) is 65.6 Å². The average molecular weight is 318 g/mol. The van der Waals surface area contributed by atoms with E-state index in [0.717, 1.165) is 6.42 Å². The molecule has 0 atom stereocenters. The van der Waals surface area contributed by atoms with E-state index in [1.807, 2.05) is 6.08 Å². The Kier molecular flexibility index (Phi) is 4.58. The second-order valence-corrected chi connectivity index (χ2v) is 6.86. The van der Waals surface area contributed by atoms with Crippen molar-refractivity contribution in [2.75, 3.05) is 6.26 Å². The molecular formula is C22H22S. The van der Waals surface area contributed by atoms with Crippen LogP contribution in [-0.4, -0.2) is 6.26 Å². The number of benzene rings is 2. The van der Waals surface area contributed by atoms with Crippen molar-refractivity contribution in [1.29, 1.82) is 0 Å². The molecule has 0 unspecified atom stereocenters. The predicted octanol–water partition coefficient (Wildman–Crippen LogP) is 6.62. The Morgan fingerprint density at radius 2 is 1.74 bits per heavy atom. The quantitative estimate of drug-likeness (QED) is 0.451. The van der Waals surface area contributed by atoms with Crippen LogP contribution in [-0.2, 0) is 0 Å². The number of allylic oxidation sites excluding steroid dienone is 4. The topological polar surface area (TPSA) is 0 Å². The molecule has 0 radical (unpaired) electrons. The van der Waals surface area contributed by atoms with Crippen LogP contribution in [0.5, 0.6) is 0 Å². The lowest BCUT2D eigenvalue weighted by Gasteiger charge is -2.06. The van der Waals surface area contributed by atoms with Crippen LogP contribution < -0.4 is 0 Å². The number of rotatable bonds is 4. The smallest absolute Gasteiger partial charge is 0.00695 e. The normalized spacial score (nSPS) is 15.2. The summed E-state index contributed by atoms with van der Waals surface area (Å²) in [5, 5.41) is 0. The number of hydrogen-bond donors (Lipinski definition) is 0. The minimum absolute atomic E-state index is 0.922. The zero-order valence-corrected chi connectivity index (χ0v) is 14.8. The molecule has 1 aliphatic rings. The van der Waals surface area contributed by atoms with E-state index in [1.165, 1.54) is 43.9 Å². The largest absolute Gasteiger partial charge is 0.130 e. The van der Waals surface area contributed by atoms with Crippen molar-refractivity contribution >= 4 is 29.0 Å². The summed E-state index contributed by atoms with van der Waals surface area (Å²) in [6, 6.07) is 15.5. The Hall–Kier alpha value is -1.99. The number of hydrogen-bond acceptors (Lipinski definition) is 1. The van der Waals surface area contributed by atoms with Gasteiger partial charge in [0.25, 0.3) is 0 Å². The van der Waals surface area contributed by atoms with E-state index in [4.69, 9.17) is 0 Å². The summed E-state index contributed by atoms with van der Waals surface area (Å²) in [5.41, 5.74) is 9.40. The van der Waals surface area contributed by atoms with Crippen molar-refractivity contribution in [3.63, 3.8) is 0 Å². The molecule has 23 heavy (non-hydrogen) atoms. The van der Waals surface area contributed by atoms with Crippen molar-refractivity contribution in [1.82, 2.24) is 0 Å². The van der Waals surface area contributed by atoms with Gasteiger partial charge in [0, 0.05) is 4.90 Å². The van der Waals surface area contributed by atoms with Gasteiger partial charge in [0.15, 0.2) is 0 Å². The second kappa shape index (κ2) is 6.64. The molecule has 0 N–H and O–H groups in total. The van der Waals surface area contributed by atoms with Gasteiger partial charge in [0.05, 0.1) is 0 Å². The SMILES string of the molecule is C=CCC1=C(C)/C(=C/c2ccc(SC)cc2)c2ccc(C)cc21. The van der Waals surface area contributed by atoms with Gasteiger partial charge < -0.3 is 0 Å². The third-order valence-corrected chi connectivity index (χ3v) is 5.17. The minimum Gasteiger partial charge on any atom is -0.130 e. The molecule has 1 aliphatic carbocycles. The van der Waals surface area contributed by atoms with E-state index in [2.05, 4.69) is 75.2 Å². The molecule has 0 bridgehead atoms. The summed E-state index contributed by atoms with van der Waals surface area (Å²) in [4.78, 5) is 1.30. The van der Waals surface area contributed by atoms with E-state index in [1.54, 1.807) is 11.8 Å². The second-order valence-electron chi connectivity index (χ2n) is 5.98. The Labute approximate surface area is 143 Å². The highest BCUT2D eigenvalue weighted by Gasteiger charge is 2.22. The standard InChI is InChI=1S/C22H22S/c1-5-6-19-16(3)21(20-12-7-15(2)13-22(19)20)14-17-8-10-18(23-4)11-9-17/h5,7-14H,1,6H2,2-4H3/b21-14-. The molecule has 0 fully saturated rings. The zero-order chi connectivity index (χ0) is 16.4. The molecular weight excluding hydrogens is 296 g/mol. The number of thioether (sulfide) groups is 1. The van der Waals surface area contributed by atoms with Crippen LogP contribution in [0.4, 0.5) is 0 Å². The molecule has 0 aromatic heterocycles. The molecule has 0 saturated carbocycles. The van der Waals surface area contributed by atoms with Gasteiger partial charge in [-0.25, -0.2) is 0 Å². The van der Waals surface area contributed by atoms with Crippen molar-refractivity contribution in [2.45, 2.75) is 25.2 Å². The molecule has 3 rings (SSSR count). The fraction of sp³-hybridized carbons (Fsp3) is 0.182. The van der Waals surface area contributed by atoms with E-state index < -0.39 is 0 Å². The molecule has 2 aromatic rings. The van der Waals surface area contributed by atoms with Gasteiger partial charge in [0.2, 0.25) is 0 Å². The Balaban J connectivity index is 2.11. The van der Waals surface area contributed by atoms with Gasteiger partial charge >= 0.3 is 0 Å². The summed E-state index contributed by atoms with van der Waals surface area (Å²) in [7, 11) is 0. The molecule has 0 amide bonds. The van der Waals surface area contributed by atoms with Crippen molar-refractivity contribution in [2.24, 2.45) is 0 Å². The predicted molar refractivity (Wildman–Crippen MR) is 105 cm³/mol. The lowest BCUT2D eigenvalue weighted by Crippen LogP contribution is -1.86. The van der Waals surface area contributed by atoms with Gasteiger partial charge in [-0.15, -0.1) is 18.3 Å². The van der Waals surface area contributed by atoms with Crippen LogP contribution in [0.25, 0.3) is 17.2 Å². The molecule has 0 heterocycles. The van der Waals surface area contributed by atoms with Gasteiger partial charge in [0.1, 0.15) is 0 Å². The van der Waals surface area contributed by atoms with Crippen molar-refractivity contribution in [3.05, 3.63) is 82.9 Å². The van der Waals surface area contributed by atoms with Crippen LogP contribution in [0.3, 0.4) is 0 Å². The first kappa shape index (κ1) is 15.9. The Bertz CT molecular complexity index is 804. The molecule has 1 heteroatoms. The summed E-state index contributed by atoms with van der Waals surface area (Å²) >= 11 is 1.78. The van der Waals surface area contributed by atoms with Gasteiger partial charge in [-0.1, -0.05) is 42.0 Å². The highest BCUT2D eigenvalue weighted by molar-refractivity contribution is 7.98. The van der Waals surface area contributed by atoms with E-state index in [0.29, 0.717) is 0 Å². The lowest BCUT2D eigenvalue weighted by molar-refractivity contribution is 1.36. The van der Waals surface area contributed by atoms with Crippen LogP contribution in [0.1, 0.15) is 35.6 Å². The third kappa shape index (κ3) is 3.07. The van der Waals surface area contributed by atoms with E-state index in [9.17, 15) is 0 Å². The molecule has 0 aliphatic heterocycles. The van der Waals surface area contributed by atoms with Gasteiger partial charge in [-0.05, 0) is 78.1 Å². The first-order valence-electron chi connectivity index (χ1n) is 7.92. The monoisotopic (exact) mass is 318 g/mol. The third-order valence-electron chi connectivity index (χ3n) is 4.42. The summed E-state index contributed by atoms with van der Waals surface area (Å²) in [6.45, 7) is 8.32. The fourth-order valence-electron chi connectivity index (χ4n) is 3.17. The molecule has 2 aromatic carbocycles.